The third-order valence-electron chi connectivity index (χ3n) is 2.36. The molecule has 90 valence electrons. The highest BCUT2D eigenvalue weighted by atomic mass is 35.5. The summed E-state index contributed by atoms with van der Waals surface area (Å²) in [5.74, 6) is 0.655. The normalized spacial score (nSPS) is 10.6. The fraction of sp³-hybridized carbons (Fsp3) is 0.273. The minimum atomic E-state index is 0.324. The fourth-order valence-corrected chi connectivity index (χ4v) is 1.82. The van der Waals surface area contributed by atoms with Gasteiger partial charge in [0.1, 0.15) is 0 Å². The molecular weight excluding hydrogens is 242 g/mol. The van der Waals surface area contributed by atoms with Gasteiger partial charge in [-0.05, 0) is 17.7 Å². The maximum atomic E-state index is 5.98. The number of ether oxygens (including phenoxy) is 2. The molecule has 2 aromatic rings. The summed E-state index contributed by atoms with van der Waals surface area (Å²) in [7, 11) is 3.02. The Bertz CT molecular complexity index is 560. The van der Waals surface area contributed by atoms with Gasteiger partial charge in [-0.25, -0.2) is 9.97 Å². The van der Waals surface area contributed by atoms with Gasteiger partial charge in [0.25, 0.3) is 11.8 Å². The number of fused-ring (bicyclic) bond motifs is 1. The number of rotatable bonds is 3. The summed E-state index contributed by atoms with van der Waals surface area (Å²) >= 11 is 5.98. The Morgan fingerprint density at radius 1 is 1.18 bits per heavy atom. The number of benzene rings is 1. The number of hydrogen-bond acceptors (Lipinski definition) is 5. The van der Waals surface area contributed by atoms with Crippen LogP contribution in [-0.2, 0) is 6.54 Å². The van der Waals surface area contributed by atoms with E-state index in [4.69, 9.17) is 26.8 Å². The van der Waals surface area contributed by atoms with Crippen molar-refractivity contribution in [3.05, 3.63) is 22.7 Å². The lowest BCUT2D eigenvalue weighted by molar-refractivity contribution is 0.334. The zero-order chi connectivity index (χ0) is 12.4. The minimum Gasteiger partial charge on any atom is -0.477 e. The van der Waals surface area contributed by atoms with Crippen molar-refractivity contribution in [1.29, 1.82) is 0 Å². The monoisotopic (exact) mass is 253 g/mol. The van der Waals surface area contributed by atoms with Gasteiger partial charge < -0.3 is 15.2 Å². The van der Waals surface area contributed by atoms with Gasteiger partial charge in [0.2, 0.25) is 0 Å². The average molecular weight is 254 g/mol. The molecule has 0 amide bonds. The van der Waals surface area contributed by atoms with Crippen LogP contribution in [0.2, 0.25) is 5.02 Å². The van der Waals surface area contributed by atoms with E-state index in [0.717, 1.165) is 5.56 Å². The van der Waals surface area contributed by atoms with Crippen LogP contribution in [0.25, 0.3) is 11.0 Å². The maximum Gasteiger partial charge on any atom is 0.278 e. The van der Waals surface area contributed by atoms with E-state index in [-0.39, 0.29) is 0 Å². The summed E-state index contributed by atoms with van der Waals surface area (Å²) in [6.45, 7) is 0.335. The van der Waals surface area contributed by atoms with Crippen LogP contribution in [0.15, 0.2) is 12.1 Å². The largest absolute Gasteiger partial charge is 0.477 e. The molecule has 1 aromatic heterocycles. The van der Waals surface area contributed by atoms with E-state index in [1.807, 2.05) is 0 Å². The summed E-state index contributed by atoms with van der Waals surface area (Å²) in [5, 5.41) is 0.569. The first-order valence-corrected chi connectivity index (χ1v) is 5.35. The Balaban J connectivity index is 2.77. The first kappa shape index (κ1) is 11.9. The molecule has 2 N–H and O–H groups in total. The maximum absolute atomic E-state index is 5.98. The van der Waals surface area contributed by atoms with E-state index in [0.29, 0.717) is 34.4 Å². The molecule has 0 aliphatic rings. The Labute approximate surface area is 104 Å². The van der Waals surface area contributed by atoms with Gasteiger partial charge in [0.15, 0.2) is 0 Å². The van der Waals surface area contributed by atoms with Crippen molar-refractivity contribution in [2.75, 3.05) is 14.2 Å². The molecule has 0 saturated carbocycles. The Morgan fingerprint density at radius 2 is 1.82 bits per heavy atom. The van der Waals surface area contributed by atoms with Crippen molar-refractivity contribution in [1.82, 2.24) is 9.97 Å². The van der Waals surface area contributed by atoms with Crippen molar-refractivity contribution in [3.8, 4) is 11.8 Å². The van der Waals surface area contributed by atoms with Crippen molar-refractivity contribution in [2.45, 2.75) is 6.54 Å². The summed E-state index contributed by atoms with van der Waals surface area (Å²) in [6.07, 6.45) is 0. The van der Waals surface area contributed by atoms with Crippen LogP contribution in [0.5, 0.6) is 11.8 Å². The predicted molar refractivity (Wildman–Crippen MR) is 65.5 cm³/mol. The molecule has 1 aromatic carbocycles. The van der Waals surface area contributed by atoms with Crippen LogP contribution in [-0.4, -0.2) is 24.2 Å². The lowest BCUT2D eigenvalue weighted by atomic mass is 10.2. The lowest BCUT2D eigenvalue weighted by Gasteiger charge is -2.09. The van der Waals surface area contributed by atoms with Crippen LogP contribution < -0.4 is 15.2 Å². The van der Waals surface area contributed by atoms with Crippen LogP contribution >= 0.6 is 11.6 Å². The summed E-state index contributed by atoms with van der Waals surface area (Å²) in [6, 6.07) is 3.48. The third kappa shape index (κ3) is 2.11. The molecule has 0 saturated heterocycles. The Morgan fingerprint density at radius 3 is 2.41 bits per heavy atom. The standard InChI is InChI=1S/C11H12ClN3O2/c1-16-10-11(17-2)15-9-6(5-13)3-7(12)4-8(9)14-10/h3-4H,5,13H2,1-2H3. The first-order valence-electron chi connectivity index (χ1n) is 4.97. The Kier molecular flexibility index (Phi) is 3.31. The molecule has 0 aliphatic carbocycles. The molecule has 17 heavy (non-hydrogen) atoms. The average Bonchev–Trinajstić information content (AvgIpc) is 2.35. The van der Waals surface area contributed by atoms with Crippen molar-refractivity contribution < 1.29 is 9.47 Å². The van der Waals surface area contributed by atoms with E-state index < -0.39 is 0 Å². The van der Waals surface area contributed by atoms with Crippen molar-refractivity contribution >= 4 is 22.6 Å². The van der Waals surface area contributed by atoms with Gasteiger partial charge in [-0.15, -0.1) is 0 Å². The molecule has 0 unspecified atom stereocenters. The van der Waals surface area contributed by atoms with Gasteiger partial charge in [-0.2, -0.15) is 0 Å². The van der Waals surface area contributed by atoms with E-state index >= 15 is 0 Å². The number of aromatic nitrogens is 2. The molecule has 0 aliphatic heterocycles. The number of methoxy groups -OCH3 is 2. The number of hydrogen-bond donors (Lipinski definition) is 1. The van der Waals surface area contributed by atoms with Crippen molar-refractivity contribution in [2.24, 2.45) is 5.73 Å². The van der Waals surface area contributed by atoms with Gasteiger partial charge in [0, 0.05) is 11.6 Å². The zero-order valence-corrected chi connectivity index (χ0v) is 10.3. The quantitative estimate of drug-likeness (QED) is 0.903. The molecule has 5 nitrogen and oxygen atoms in total. The van der Waals surface area contributed by atoms with Crippen molar-refractivity contribution in [3.63, 3.8) is 0 Å². The van der Waals surface area contributed by atoms with Gasteiger partial charge in [-0.3, -0.25) is 0 Å². The second-order valence-electron chi connectivity index (χ2n) is 3.38. The number of halogens is 1. The topological polar surface area (TPSA) is 70.3 Å². The fourth-order valence-electron chi connectivity index (χ4n) is 1.58. The highest BCUT2D eigenvalue weighted by molar-refractivity contribution is 6.31. The molecule has 0 bridgehead atoms. The van der Waals surface area contributed by atoms with Gasteiger partial charge in [0.05, 0.1) is 25.3 Å². The summed E-state index contributed by atoms with van der Waals surface area (Å²) in [5.41, 5.74) is 7.78. The van der Waals surface area contributed by atoms with Crippen LogP contribution in [0.1, 0.15) is 5.56 Å². The lowest BCUT2D eigenvalue weighted by Crippen LogP contribution is -2.02. The second-order valence-corrected chi connectivity index (χ2v) is 3.82. The smallest absolute Gasteiger partial charge is 0.278 e. The molecule has 0 spiro atoms. The SMILES string of the molecule is COc1nc2cc(Cl)cc(CN)c2nc1OC. The van der Waals surface area contributed by atoms with E-state index in [1.165, 1.54) is 14.2 Å². The number of nitrogens with two attached hydrogens (primary N) is 1. The highest BCUT2D eigenvalue weighted by Crippen LogP contribution is 2.28. The molecule has 1 heterocycles. The molecule has 6 heteroatoms. The molecule has 0 atom stereocenters. The van der Waals surface area contributed by atoms with E-state index in [1.54, 1.807) is 12.1 Å². The minimum absolute atomic E-state index is 0.324. The second kappa shape index (κ2) is 4.73. The van der Waals surface area contributed by atoms with E-state index in [2.05, 4.69) is 9.97 Å². The predicted octanol–water partition coefficient (Wildman–Crippen LogP) is 1.76. The van der Waals surface area contributed by atoms with E-state index in [9.17, 15) is 0 Å². The molecule has 0 radical (unpaired) electrons. The van der Waals surface area contributed by atoms with Gasteiger partial charge >= 0.3 is 0 Å². The zero-order valence-electron chi connectivity index (χ0n) is 9.53. The van der Waals surface area contributed by atoms with Crippen LogP contribution in [0, 0.1) is 0 Å². The third-order valence-corrected chi connectivity index (χ3v) is 2.58. The molecular formula is C11H12ClN3O2. The summed E-state index contributed by atoms with van der Waals surface area (Å²) in [4.78, 5) is 8.61. The van der Waals surface area contributed by atoms with Crippen LogP contribution in [0.3, 0.4) is 0 Å². The summed E-state index contributed by atoms with van der Waals surface area (Å²) < 4.78 is 10.2. The van der Waals surface area contributed by atoms with Crippen LogP contribution in [0.4, 0.5) is 0 Å². The van der Waals surface area contributed by atoms with Gasteiger partial charge in [-0.1, -0.05) is 11.6 Å². The highest BCUT2D eigenvalue weighted by Gasteiger charge is 2.12. The first-order chi connectivity index (χ1) is 8.19. The molecule has 0 fully saturated rings. The molecule has 2 rings (SSSR count). The Hall–Kier alpha value is -1.59. The number of nitrogens with zero attached hydrogens (tertiary/aromatic N) is 2.